The lowest BCUT2D eigenvalue weighted by molar-refractivity contribution is -0.142. The van der Waals surface area contributed by atoms with Gasteiger partial charge in [0, 0.05) is 11.5 Å². The van der Waals surface area contributed by atoms with E-state index in [0.717, 1.165) is 5.56 Å². The molecule has 3 aromatic rings. The lowest BCUT2D eigenvalue weighted by atomic mass is 9.90. The Morgan fingerprint density at radius 1 is 1.03 bits per heavy atom. The first kappa shape index (κ1) is 21.0. The highest BCUT2D eigenvalue weighted by Crippen LogP contribution is 2.38. The van der Waals surface area contributed by atoms with E-state index in [-0.39, 0.29) is 17.8 Å². The quantitative estimate of drug-likeness (QED) is 0.414. The number of benzene rings is 2. The molecule has 2 aromatic carbocycles. The first-order valence-electron chi connectivity index (χ1n) is 8.60. The zero-order chi connectivity index (χ0) is 21.1. The van der Waals surface area contributed by atoms with Gasteiger partial charge in [0.25, 0.3) is 0 Å². The summed E-state index contributed by atoms with van der Waals surface area (Å²) in [5.74, 6) is -0.610. The molecule has 1 atom stereocenters. The lowest BCUT2D eigenvalue weighted by Gasteiger charge is -2.18. The molecule has 0 saturated carbocycles. The number of carbonyl (C=O) groups is 1. The van der Waals surface area contributed by atoms with E-state index in [1.807, 2.05) is 0 Å². The van der Waals surface area contributed by atoms with Gasteiger partial charge in [0.2, 0.25) is 5.75 Å². The standard InChI is InChI=1S/C21H18Cl2O6/c1-26-17-7-5-12-13(10-18(24)29-19(12)20(17)27-2)14(21(25)28-3)8-11-4-6-15(22)16(23)9-11/h4-7,9-10,14H,8H2,1-3H3/t14-/m1/s1. The van der Waals surface area contributed by atoms with Crippen LogP contribution in [0.1, 0.15) is 17.0 Å². The Hall–Kier alpha value is -2.70. The van der Waals surface area contributed by atoms with Crippen LogP contribution in [0.15, 0.2) is 45.6 Å². The molecule has 0 N–H and O–H groups in total. The minimum atomic E-state index is -0.776. The molecule has 8 heteroatoms. The fourth-order valence-corrected chi connectivity index (χ4v) is 3.54. The van der Waals surface area contributed by atoms with Crippen molar-refractivity contribution in [1.82, 2.24) is 0 Å². The van der Waals surface area contributed by atoms with Gasteiger partial charge < -0.3 is 18.6 Å². The highest BCUT2D eigenvalue weighted by Gasteiger charge is 2.27. The number of ether oxygens (including phenoxy) is 3. The molecule has 0 fully saturated rings. The van der Waals surface area contributed by atoms with E-state index < -0.39 is 17.5 Å². The third-order valence-corrected chi connectivity index (χ3v) is 5.31. The van der Waals surface area contributed by atoms with Crippen molar-refractivity contribution in [3.05, 3.63) is 68.0 Å². The monoisotopic (exact) mass is 436 g/mol. The largest absolute Gasteiger partial charge is 0.493 e. The summed E-state index contributed by atoms with van der Waals surface area (Å²) < 4.78 is 21.0. The second-order valence-electron chi connectivity index (χ2n) is 6.23. The van der Waals surface area contributed by atoms with Gasteiger partial charge in [0.05, 0.1) is 37.3 Å². The maximum atomic E-state index is 12.6. The van der Waals surface area contributed by atoms with Crippen LogP contribution in [-0.2, 0) is 16.0 Å². The second kappa shape index (κ2) is 8.76. The minimum absolute atomic E-state index is 0.192. The number of hydrogen-bond donors (Lipinski definition) is 0. The molecule has 0 aliphatic heterocycles. The molecule has 152 valence electrons. The molecule has 0 spiro atoms. The van der Waals surface area contributed by atoms with Crippen molar-refractivity contribution in [3.8, 4) is 11.5 Å². The van der Waals surface area contributed by atoms with Crippen molar-refractivity contribution in [1.29, 1.82) is 0 Å². The number of methoxy groups -OCH3 is 3. The van der Waals surface area contributed by atoms with Crippen LogP contribution in [0, 0.1) is 0 Å². The predicted octanol–water partition coefficient (Wildman–Crippen LogP) is 4.62. The average Bonchev–Trinajstić information content (AvgIpc) is 2.72. The summed E-state index contributed by atoms with van der Waals surface area (Å²) >= 11 is 12.1. The molecule has 3 rings (SSSR count). The molecule has 1 heterocycles. The maximum absolute atomic E-state index is 12.6. The Balaban J connectivity index is 2.21. The molecule has 0 aliphatic rings. The fourth-order valence-electron chi connectivity index (χ4n) is 3.22. The highest BCUT2D eigenvalue weighted by molar-refractivity contribution is 6.42. The van der Waals surface area contributed by atoms with Crippen LogP contribution in [0.3, 0.4) is 0 Å². The van der Waals surface area contributed by atoms with E-state index in [1.54, 1.807) is 30.3 Å². The molecule has 1 aromatic heterocycles. The molecule has 0 aliphatic carbocycles. The molecule has 0 amide bonds. The Morgan fingerprint density at radius 3 is 2.41 bits per heavy atom. The summed E-state index contributed by atoms with van der Waals surface area (Å²) in [6.07, 6.45) is 0.246. The van der Waals surface area contributed by atoms with Crippen molar-refractivity contribution < 1.29 is 23.4 Å². The van der Waals surface area contributed by atoms with Crippen LogP contribution < -0.4 is 15.1 Å². The van der Waals surface area contributed by atoms with E-state index in [2.05, 4.69) is 0 Å². The van der Waals surface area contributed by atoms with Crippen molar-refractivity contribution in [2.45, 2.75) is 12.3 Å². The van der Waals surface area contributed by atoms with E-state index in [4.69, 9.17) is 41.8 Å². The third kappa shape index (κ3) is 4.18. The van der Waals surface area contributed by atoms with Crippen LogP contribution in [0.2, 0.25) is 10.0 Å². The second-order valence-corrected chi connectivity index (χ2v) is 7.04. The summed E-state index contributed by atoms with van der Waals surface area (Å²) in [5, 5.41) is 1.32. The molecule has 29 heavy (non-hydrogen) atoms. The van der Waals surface area contributed by atoms with E-state index >= 15 is 0 Å². The zero-order valence-electron chi connectivity index (χ0n) is 16.0. The van der Waals surface area contributed by atoms with Crippen LogP contribution >= 0.6 is 23.2 Å². The highest BCUT2D eigenvalue weighted by atomic mass is 35.5. The smallest absolute Gasteiger partial charge is 0.336 e. The first-order valence-corrected chi connectivity index (χ1v) is 9.35. The van der Waals surface area contributed by atoms with Gasteiger partial charge in [0.1, 0.15) is 0 Å². The lowest BCUT2D eigenvalue weighted by Crippen LogP contribution is -2.19. The number of hydrogen-bond acceptors (Lipinski definition) is 6. The van der Waals surface area contributed by atoms with Crippen LogP contribution in [0.5, 0.6) is 11.5 Å². The van der Waals surface area contributed by atoms with Gasteiger partial charge in [-0.2, -0.15) is 0 Å². The van der Waals surface area contributed by atoms with Gasteiger partial charge in [-0.15, -0.1) is 0 Å². The SMILES string of the molecule is COC(=O)[C@H](Cc1ccc(Cl)c(Cl)c1)c1cc(=O)oc2c(OC)c(OC)ccc12. The summed E-state index contributed by atoms with van der Waals surface area (Å²) in [5.41, 5.74) is 0.784. The third-order valence-electron chi connectivity index (χ3n) is 4.57. The minimum Gasteiger partial charge on any atom is -0.493 e. The van der Waals surface area contributed by atoms with E-state index in [0.29, 0.717) is 26.7 Å². The predicted molar refractivity (Wildman–Crippen MR) is 111 cm³/mol. The van der Waals surface area contributed by atoms with Gasteiger partial charge in [-0.3, -0.25) is 4.79 Å². The van der Waals surface area contributed by atoms with Crippen molar-refractivity contribution >= 4 is 40.1 Å². The zero-order valence-corrected chi connectivity index (χ0v) is 17.5. The van der Waals surface area contributed by atoms with Crippen molar-refractivity contribution in [3.63, 3.8) is 0 Å². The molecule has 6 nitrogen and oxygen atoms in total. The number of fused-ring (bicyclic) bond motifs is 1. The topological polar surface area (TPSA) is 75.0 Å². The molecular formula is C21H18Cl2O6. The first-order chi connectivity index (χ1) is 13.9. The number of carbonyl (C=O) groups excluding carboxylic acids is 1. The fraction of sp³-hybridized carbons (Fsp3) is 0.238. The molecular weight excluding hydrogens is 419 g/mol. The summed E-state index contributed by atoms with van der Waals surface area (Å²) in [6.45, 7) is 0. The maximum Gasteiger partial charge on any atom is 0.336 e. The van der Waals surface area contributed by atoms with E-state index in [1.165, 1.54) is 27.4 Å². The van der Waals surface area contributed by atoms with E-state index in [9.17, 15) is 9.59 Å². The summed E-state index contributed by atoms with van der Waals surface area (Å²) in [6, 6.07) is 9.77. The van der Waals surface area contributed by atoms with Gasteiger partial charge in [-0.1, -0.05) is 29.3 Å². The Bertz CT molecular complexity index is 1120. The Labute approximate surface area is 176 Å². The number of esters is 1. The molecule has 0 radical (unpaired) electrons. The summed E-state index contributed by atoms with van der Waals surface area (Å²) in [7, 11) is 4.21. The average molecular weight is 437 g/mol. The normalized spacial score (nSPS) is 11.9. The van der Waals surface area contributed by atoms with Crippen molar-refractivity contribution in [2.75, 3.05) is 21.3 Å². The Kier molecular flexibility index (Phi) is 6.35. The van der Waals surface area contributed by atoms with Crippen molar-refractivity contribution in [2.24, 2.45) is 0 Å². The van der Waals surface area contributed by atoms with Gasteiger partial charge in [-0.25, -0.2) is 4.79 Å². The van der Waals surface area contributed by atoms with Crippen LogP contribution in [-0.4, -0.2) is 27.3 Å². The number of rotatable bonds is 6. The van der Waals surface area contributed by atoms with Crippen LogP contribution in [0.25, 0.3) is 11.0 Å². The number of halogens is 2. The molecule has 0 saturated heterocycles. The van der Waals surface area contributed by atoms with Gasteiger partial charge in [-0.05, 0) is 41.8 Å². The van der Waals surface area contributed by atoms with Gasteiger partial charge >= 0.3 is 11.6 Å². The van der Waals surface area contributed by atoms with Crippen LogP contribution in [0.4, 0.5) is 0 Å². The molecule has 0 bridgehead atoms. The Morgan fingerprint density at radius 2 is 1.79 bits per heavy atom. The molecule has 0 unspecified atom stereocenters. The van der Waals surface area contributed by atoms with Gasteiger partial charge in [0.15, 0.2) is 11.3 Å². The summed E-state index contributed by atoms with van der Waals surface area (Å²) in [4.78, 5) is 24.9.